The smallest absolute Gasteiger partial charge is 0.273 e. The first-order valence-electron chi connectivity index (χ1n) is 10.8. The van der Waals surface area contributed by atoms with Crippen LogP contribution in [0.3, 0.4) is 0 Å². The third-order valence-electron chi connectivity index (χ3n) is 5.64. The lowest BCUT2D eigenvalue weighted by Crippen LogP contribution is -2.45. The molecule has 0 saturated carbocycles. The van der Waals surface area contributed by atoms with Gasteiger partial charge >= 0.3 is 0 Å². The van der Waals surface area contributed by atoms with E-state index >= 15 is 0 Å². The normalized spacial score (nSPS) is 19.3. The van der Waals surface area contributed by atoms with Crippen molar-refractivity contribution in [2.24, 2.45) is 0 Å². The van der Waals surface area contributed by atoms with E-state index in [9.17, 15) is 4.79 Å². The van der Waals surface area contributed by atoms with Gasteiger partial charge in [-0.2, -0.15) is 0 Å². The summed E-state index contributed by atoms with van der Waals surface area (Å²) in [5.41, 5.74) is 1.60. The number of ether oxygens (including phenoxy) is 1. The van der Waals surface area contributed by atoms with Gasteiger partial charge in [-0.3, -0.25) is 14.6 Å². The standard InChI is InChI=1S/C23H30N4O3/c28-23(24-20-8-15-29-16-9-20)21-18-30-22(25-21)17-27-13-11-26(12-14-27)10-4-7-19-5-2-1-3-6-19/h1-7,18,20H,8-17H2,(H,24,28). The van der Waals surface area contributed by atoms with Crippen LogP contribution in [0.1, 0.15) is 34.8 Å². The lowest BCUT2D eigenvalue weighted by Gasteiger charge is -2.33. The topological polar surface area (TPSA) is 70.8 Å². The van der Waals surface area contributed by atoms with Gasteiger partial charge in [-0.05, 0) is 18.4 Å². The minimum absolute atomic E-state index is 0.160. The average molecular weight is 411 g/mol. The van der Waals surface area contributed by atoms with Gasteiger partial charge in [0.15, 0.2) is 5.69 Å². The molecule has 0 aliphatic carbocycles. The molecule has 2 aromatic rings. The highest BCUT2D eigenvalue weighted by molar-refractivity contribution is 5.92. The Balaban J connectivity index is 1.19. The highest BCUT2D eigenvalue weighted by Crippen LogP contribution is 2.11. The van der Waals surface area contributed by atoms with E-state index in [0.29, 0.717) is 31.3 Å². The number of hydrogen-bond acceptors (Lipinski definition) is 6. The van der Waals surface area contributed by atoms with Gasteiger partial charge in [0, 0.05) is 52.0 Å². The molecular formula is C23H30N4O3. The highest BCUT2D eigenvalue weighted by atomic mass is 16.5. The number of carbonyl (C=O) groups is 1. The van der Waals surface area contributed by atoms with Crippen molar-refractivity contribution in [3.05, 3.63) is 59.8 Å². The van der Waals surface area contributed by atoms with E-state index in [2.05, 4.69) is 56.5 Å². The van der Waals surface area contributed by atoms with Gasteiger partial charge < -0.3 is 14.5 Å². The van der Waals surface area contributed by atoms with Gasteiger partial charge in [-0.1, -0.05) is 42.5 Å². The summed E-state index contributed by atoms with van der Waals surface area (Å²) >= 11 is 0. The van der Waals surface area contributed by atoms with Crippen LogP contribution in [0.5, 0.6) is 0 Å². The quantitative estimate of drug-likeness (QED) is 0.756. The first-order valence-corrected chi connectivity index (χ1v) is 10.8. The molecule has 0 atom stereocenters. The Kier molecular flexibility index (Phi) is 7.29. The SMILES string of the molecule is O=C(NC1CCOCC1)c1coc(CN2CCN(CC=Cc3ccccc3)CC2)n1. The largest absolute Gasteiger partial charge is 0.447 e. The van der Waals surface area contributed by atoms with E-state index in [1.807, 2.05) is 6.07 Å². The van der Waals surface area contributed by atoms with Crippen LogP contribution in [-0.4, -0.2) is 72.7 Å². The van der Waals surface area contributed by atoms with Crippen molar-refractivity contribution in [2.75, 3.05) is 45.9 Å². The molecule has 0 unspecified atom stereocenters. The number of piperazine rings is 1. The lowest BCUT2D eigenvalue weighted by atomic mass is 10.1. The number of nitrogens with zero attached hydrogens (tertiary/aromatic N) is 3. The number of carbonyl (C=O) groups excluding carboxylic acids is 1. The summed E-state index contributed by atoms with van der Waals surface area (Å²) in [6, 6.07) is 10.5. The van der Waals surface area contributed by atoms with Crippen molar-refractivity contribution in [3.8, 4) is 0 Å². The molecule has 2 aliphatic heterocycles. The molecule has 3 heterocycles. The van der Waals surface area contributed by atoms with Crippen molar-refractivity contribution in [2.45, 2.75) is 25.4 Å². The number of amides is 1. The molecule has 1 aromatic heterocycles. The first-order chi connectivity index (χ1) is 14.8. The van der Waals surface area contributed by atoms with Crippen LogP contribution in [0.25, 0.3) is 6.08 Å². The van der Waals surface area contributed by atoms with E-state index in [-0.39, 0.29) is 11.9 Å². The third-order valence-corrected chi connectivity index (χ3v) is 5.64. The van der Waals surface area contributed by atoms with Crippen molar-refractivity contribution in [1.29, 1.82) is 0 Å². The number of rotatable bonds is 7. The molecule has 4 rings (SSSR count). The molecule has 0 bridgehead atoms. The second-order valence-corrected chi connectivity index (χ2v) is 7.88. The number of nitrogens with one attached hydrogen (secondary N) is 1. The average Bonchev–Trinajstić information content (AvgIpc) is 3.25. The summed E-state index contributed by atoms with van der Waals surface area (Å²) in [5, 5.41) is 3.02. The Morgan fingerprint density at radius 1 is 1.10 bits per heavy atom. The maximum absolute atomic E-state index is 12.4. The van der Waals surface area contributed by atoms with Crippen molar-refractivity contribution in [3.63, 3.8) is 0 Å². The Hall–Kier alpha value is -2.48. The molecule has 7 heteroatoms. The van der Waals surface area contributed by atoms with E-state index in [1.54, 1.807) is 0 Å². The van der Waals surface area contributed by atoms with E-state index in [1.165, 1.54) is 11.8 Å². The predicted molar refractivity (Wildman–Crippen MR) is 115 cm³/mol. The minimum Gasteiger partial charge on any atom is -0.447 e. The zero-order chi connectivity index (χ0) is 20.6. The van der Waals surface area contributed by atoms with Crippen LogP contribution in [0.4, 0.5) is 0 Å². The molecule has 2 aliphatic rings. The summed E-state index contributed by atoms with van der Waals surface area (Å²) in [5.74, 6) is 0.441. The van der Waals surface area contributed by atoms with Gasteiger partial charge in [0.1, 0.15) is 6.26 Å². The van der Waals surface area contributed by atoms with Crippen LogP contribution < -0.4 is 5.32 Å². The van der Waals surface area contributed by atoms with Crippen LogP contribution in [0.2, 0.25) is 0 Å². The molecule has 7 nitrogen and oxygen atoms in total. The second-order valence-electron chi connectivity index (χ2n) is 7.88. The Morgan fingerprint density at radius 3 is 2.60 bits per heavy atom. The molecule has 1 amide bonds. The molecule has 1 aromatic carbocycles. The number of hydrogen-bond donors (Lipinski definition) is 1. The minimum atomic E-state index is -0.160. The maximum Gasteiger partial charge on any atom is 0.273 e. The molecule has 2 fully saturated rings. The molecule has 1 N–H and O–H groups in total. The highest BCUT2D eigenvalue weighted by Gasteiger charge is 2.21. The predicted octanol–water partition coefficient (Wildman–Crippen LogP) is 2.41. The van der Waals surface area contributed by atoms with E-state index < -0.39 is 0 Å². The fourth-order valence-corrected chi connectivity index (χ4v) is 3.81. The Labute approximate surface area is 177 Å². The lowest BCUT2D eigenvalue weighted by molar-refractivity contribution is 0.0694. The van der Waals surface area contributed by atoms with Crippen molar-refractivity contribution < 1.29 is 13.9 Å². The summed E-state index contributed by atoms with van der Waals surface area (Å²) in [7, 11) is 0. The van der Waals surface area contributed by atoms with Gasteiger partial charge in [0.2, 0.25) is 5.89 Å². The van der Waals surface area contributed by atoms with E-state index in [4.69, 9.17) is 9.15 Å². The van der Waals surface area contributed by atoms with Crippen molar-refractivity contribution >= 4 is 12.0 Å². The Bertz CT molecular complexity index is 822. The zero-order valence-corrected chi connectivity index (χ0v) is 17.3. The number of benzene rings is 1. The van der Waals surface area contributed by atoms with Crippen LogP contribution in [0.15, 0.2) is 47.1 Å². The molecule has 2 saturated heterocycles. The number of aromatic nitrogens is 1. The summed E-state index contributed by atoms with van der Waals surface area (Å²) in [4.78, 5) is 21.5. The van der Waals surface area contributed by atoms with Gasteiger partial charge in [0.05, 0.1) is 6.54 Å². The van der Waals surface area contributed by atoms with E-state index in [0.717, 1.165) is 45.6 Å². The second kappa shape index (κ2) is 10.5. The van der Waals surface area contributed by atoms with Gasteiger partial charge in [-0.15, -0.1) is 0 Å². The van der Waals surface area contributed by atoms with Gasteiger partial charge in [0.25, 0.3) is 5.91 Å². The van der Waals surface area contributed by atoms with Crippen LogP contribution >= 0.6 is 0 Å². The van der Waals surface area contributed by atoms with Gasteiger partial charge in [-0.25, -0.2) is 4.98 Å². The molecule has 0 radical (unpaired) electrons. The third kappa shape index (κ3) is 6.01. The fourth-order valence-electron chi connectivity index (χ4n) is 3.81. The molecular weight excluding hydrogens is 380 g/mol. The maximum atomic E-state index is 12.4. The monoisotopic (exact) mass is 410 g/mol. The summed E-state index contributed by atoms with van der Waals surface area (Å²) in [6.45, 7) is 6.94. The summed E-state index contributed by atoms with van der Waals surface area (Å²) < 4.78 is 10.9. The van der Waals surface area contributed by atoms with Crippen LogP contribution in [-0.2, 0) is 11.3 Å². The molecule has 160 valence electrons. The zero-order valence-electron chi connectivity index (χ0n) is 17.3. The summed E-state index contributed by atoms with van der Waals surface area (Å²) in [6.07, 6.45) is 7.56. The van der Waals surface area contributed by atoms with Crippen molar-refractivity contribution in [1.82, 2.24) is 20.1 Å². The fraction of sp³-hybridized carbons (Fsp3) is 0.478. The number of oxazole rings is 1. The molecule has 30 heavy (non-hydrogen) atoms. The Morgan fingerprint density at radius 2 is 1.83 bits per heavy atom. The molecule has 0 spiro atoms. The first kappa shape index (κ1) is 20.8. The van der Waals surface area contributed by atoms with Crippen LogP contribution in [0, 0.1) is 0 Å².